The van der Waals surface area contributed by atoms with E-state index in [0.717, 1.165) is 35.2 Å². The molecule has 2 aromatic rings. The zero-order valence-corrected chi connectivity index (χ0v) is 16.7. The second-order valence-corrected chi connectivity index (χ2v) is 7.81. The quantitative estimate of drug-likeness (QED) is 0.818. The lowest BCUT2D eigenvalue weighted by atomic mass is 10.1. The standard InChI is InChI=1S/C21H29N3O3/c1-5-26-15-16-12-17-6-7-18(13-19(17)22-14-16)23-8-10-24(11-9-23)20(25)27-21(2,3)4/h6-7,12-14H,5,8-11,15H2,1-4H3. The molecule has 1 saturated heterocycles. The summed E-state index contributed by atoms with van der Waals surface area (Å²) in [7, 11) is 0. The molecule has 0 unspecified atom stereocenters. The third-order valence-electron chi connectivity index (χ3n) is 4.49. The van der Waals surface area contributed by atoms with Crippen LogP contribution >= 0.6 is 0 Å². The van der Waals surface area contributed by atoms with E-state index in [4.69, 9.17) is 9.47 Å². The van der Waals surface area contributed by atoms with Crippen LogP contribution < -0.4 is 4.90 Å². The molecule has 0 N–H and O–H groups in total. The maximum Gasteiger partial charge on any atom is 0.410 e. The summed E-state index contributed by atoms with van der Waals surface area (Å²) in [4.78, 5) is 20.9. The minimum absolute atomic E-state index is 0.232. The van der Waals surface area contributed by atoms with Crippen LogP contribution in [0.5, 0.6) is 0 Å². The Labute approximate surface area is 161 Å². The summed E-state index contributed by atoms with van der Waals surface area (Å²) in [6.45, 7) is 11.8. The molecule has 1 fully saturated rings. The Bertz CT molecular complexity index is 793. The summed E-state index contributed by atoms with van der Waals surface area (Å²) in [6.07, 6.45) is 1.64. The predicted octanol–water partition coefficient (Wildman–Crippen LogP) is 3.83. The van der Waals surface area contributed by atoms with Crippen LogP contribution in [0.2, 0.25) is 0 Å². The molecular weight excluding hydrogens is 342 g/mol. The van der Waals surface area contributed by atoms with Gasteiger partial charge in [0.25, 0.3) is 0 Å². The Morgan fingerprint density at radius 2 is 1.89 bits per heavy atom. The highest BCUT2D eigenvalue weighted by molar-refractivity contribution is 5.83. The van der Waals surface area contributed by atoms with E-state index < -0.39 is 5.60 Å². The van der Waals surface area contributed by atoms with E-state index in [-0.39, 0.29) is 6.09 Å². The molecule has 1 amide bonds. The molecule has 6 heteroatoms. The molecule has 1 aromatic carbocycles. The fraction of sp³-hybridized carbons (Fsp3) is 0.524. The fourth-order valence-corrected chi connectivity index (χ4v) is 3.12. The number of pyridine rings is 1. The number of piperazine rings is 1. The van der Waals surface area contributed by atoms with E-state index in [1.807, 2.05) is 33.9 Å². The van der Waals surface area contributed by atoms with Crippen molar-refractivity contribution in [2.24, 2.45) is 0 Å². The van der Waals surface area contributed by atoms with E-state index >= 15 is 0 Å². The number of rotatable bonds is 4. The highest BCUT2D eigenvalue weighted by atomic mass is 16.6. The van der Waals surface area contributed by atoms with Gasteiger partial charge in [-0.05, 0) is 51.5 Å². The average molecular weight is 371 g/mol. The summed E-state index contributed by atoms with van der Waals surface area (Å²) in [5.74, 6) is 0. The maximum atomic E-state index is 12.2. The lowest BCUT2D eigenvalue weighted by Crippen LogP contribution is -2.50. The molecule has 0 saturated carbocycles. The van der Waals surface area contributed by atoms with Gasteiger partial charge in [-0.25, -0.2) is 4.79 Å². The van der Waals surface area contributed by atoms with Crippen LogP contribution in [0.4, 0.5) is 10.5 Å². The molecule has 1 aliphatic rings. The first-order chi connectivity index (χ1) is 12.9. The highest BCUT2D eigenvalue weighted by Gasteiger charge is 2.26. The number of ether oxygens (including phenoxy) is 2. The van der Waals surface area contributed by atoms with Crippen molar-refractivity contribution in [3.05, 3.63) is 36.0 Å². The molecule has 0 atom stereocenters. The SMILES string of the molecule is CCOCc1cnc2cc(N3CCN(C(=O)OC(C)(C)C)CC3)ccc2c1. The van der Waals surface area contributed by atoms with Crippen LogP contribution in [-0.2, 0) is 16.1 Å². The lowest BCUT2D eigenvalue weighted by molar-refractivity contribution is 0.0240. The van der Waals surface area contributed by atoms with E-state index in [0.29, 0.717) is 26.3 Å². The van der Waals surface area contributed by atoms with Crippen LogP contribution in [0, 0.1) is 0 Å². The topological polar surface area (TPSA) is 54.9 Å². The van der Waals surface area contributed by atoms with Gasteiger partial charge < -0.3 is 19.3 Å². The van der Waals surface area contributed by atoms with Crippen molar-refractivity contribution in [3.8, 4) is 0 Å². The molecule has 1 aromatic heterocycles. The molecule has 146 valence electrons. The molecule has 3 rings (SSSR count). The number of amides is 1. The first kappa shape index (κ1) is 19.4. The number of hydrogen-bond acceptors (Lipinski definition) is 5. The van der Waals surface area contributed by atoms with Crippen molar-refractivity contribution >= 4 is 22.7 Å². The van der Waals surface area contributed by atoms with E-state index in [9.17, 15) is 4.79 Å². The smallest absolute Gasteiger partial charge is 0.410 e. The largest absolute Gasteiger partial charge is 0.444 e. The molecular formula is C21H29N3O3. The van der Waals surface area contributed by atoms with E-state index in [1.54, 1.807) is 4.90 Å². The second-order valence-electron chi connectivity index (χ2n) is 7.81. The molecule has 0 radical (unpaired) electrons. The van der Waals surface area contributed by atoms with Crippen molar-refractivity contribution in [2.45, 2.75) is 39.9 Å². The molecule has 6 nitrogen and oxygen atoms in total. The monoisotopic (exact) mass is 371 g/mol. The van der Waals surface area contributed by atoms with Crippen molar-refractivity contribution in [3.63, 3.8) is 0 Å². The summed E-state index contributed by atoms with van der Waals surface area (Å²) in [5, 5.41) is 1.11. The summed E-state index contributed by atoms with van der Waals surface area (Å²) in [6, 6.07) is 8.47. The van der Waals surface area contributed by atoms with Crippen molar-refractivity contribution < 1.29 is 14.3 Å². The minimum Gasteiger partial charge on any atom is -0.444 e. The molecule has 0 aliphatic carbocycles. The van der Waals surface area contributed by atoms with E-state index in [1.165, 1.54) is 0 Å². The van der Waals surface area contributed by atoms with Gasteiger partial charge in [0, 0.05) is 50.1 Å². The summed E-state index contributed by atoms with van der Waals surface area (Å²) in [5.41, 5.74) is 2.74. The van der Waals surface area contributed by atoms with Crippen molar-refractivity contribution in [2.75, 3.05) is 37.7 Å². The normalized spacial score (nSPS) is 15.3. The Balaban J connectivity index is 1.64. The second kappa shape index (κ2) is 8.13. The van der Waals surface area contributed by atoms with Gasteiger partial charge in [0.15, 0.2) is 0 Å². The Kier molecular flexibility index (Phi) is 5.85. The number of hydrogen-bond donors (Lipinski definition) is 0. The number of benzene rings is 1. The lowest BCUT2D eigenvalue weighted by Gasteiger charge is -2.36. The number of anilines is 1. The Hall–Kier alpha value is -2.34. The van der Waals surface area contributed by atoms with E-state index in [2.05, 4.69) is 34.1 Å². The first-order valence-electron chi connectivity index (χ1n) is 9.55. The number of fused-ring (bicyclic) bond motifs is 1. The summed E-state index contributed by atoms with van der Waals surface area (Å²) < 4.78 is 10.9. The molecule has 1 aliphatic heterocycles. The molecule has 0 spiro atoms. The van der Waals surface area contributed by atoms with Gasteiger partial charge in [-0.3, -0.25) is 4.98 Å². The average Bonchev–Trinajstić information content (AvgIpc) is 2.64. The van der Waals surface area contributed by atoms with Crippen LogP contribution in [0.15, 0.2) is 30.5 Å². The molecule has 0 bridgehead atoms. The minimum atomic E-state index is -0.459. The fourth-order valence-electron chi connectivity index (χ4n) is 3.12. The predicted molar refractivity (Wildman–Crippen MR) is 107 cm³/mol. The van der Waals surface area contributed by atoms with Gasteiger partial charge in [0.05, 0.1) is 12.1 Å². The number of aromatic nitrogens is 1. The van der Waals surface area contributed by atoms with Gasteiger partial charge in [0.1, 0.15) is 5.60 Å². The Morgan fingerprint density at radius 3 is 2.56 bits per heavy atom. The number of carbonyl (C=O) groups excluding carboxylic acids is 1. The van der Waals surface area contributed by atoms with Gasteiger partial charge >= 0.3 is 6.09 Å². The third-order valence-corrected chi connectivity index (χ3v) is 4.49. The molecule has 2 heterocycles. The van der Waals surface area contributed by atoms with Crippen LogP contribution in [0.3, 0.4) is 0 Å². The zero-order valence-electron chi connectivity index (χ0n) is 16.7. The number of carbonyl (C=O) groups is 1. The third kappa shape index (κ3) is 5.10. The highest BCUT2D eigenvalue weighted by Crippen LogP contribution is 2.23. The van der Waals surface area contributed by atoms with Gasteiger partial charge in [-0.15, -0.1) is 0 Å². The molecule has 27 heavy (non-hydrogen) atoms. The van der Waals surface area contributed by atoms with Crippen LogP contribution in [-0.4, -0.2) is 54.4 Å². The Morgan fingerprint density at radius 1 is 1.15 bits per heavy atom. The van der Waals surface area contributed by atoms with Gasteiger partial charge in [-0.1, -0.05) is 6.07 Å². The van der Waals surface area contributed by atoms with Crippen molar-refractivity contribution in [1.29, 1.82) is 0 Å². The zero-order chi connectivity index (χ0) is 19.4. The number of nitrogens with zero attached hydrogens (tertiary/aromatic N) is 3. The summed E-state index contributed by atoms with van der Waals surface area (Å²) >= 11 is 0. The van der Waals surface area contributed by atoms with Crippen LogP contribution in [0.25, 0.3) is 10.9 Å². The van der Waals surface area contributed by atoms with Crippen LogP contribution in [0.1, 0.15) is 33.3 Å². The van der Waals surface area contributed by atoms with Gasteiger partial charge in [-0.2, -0.15) is 0 Å². The van der Waals surface area contributed by atoms with Gasteiger partial charge in [0.2, 0.25) is 0 Å². The first-order valence-corrected chi connectivity index (χ1v) is 9.55. The van der Waals surface area contributed by atoms with Crippen molar-refractivity contribution in [1.82, 2.24) is 9.88 Å². The maximum absolute atomic E-state index is 12.2.